The van der Waals surface area contributed by atoms with E-state index >= 15 is 0 Å². The predicted molar refractivity (Wildman–Crippen MR) is 50.4 cm³/mol. The molecule has 1 fully saturated rings. The van der Waals surface area contributed by atoms with Crippen LogP contribution in [0.4, 0.5) is 0 Å². The molecule has 0 aromatic heterocycles. The van der Waals surface area contributed by atoms with Gasteiger partial charge in [-0.15, -0.1) is 0 Å². The SMILES string of the molecule is O=C1OCC(=Cc2ccccc2)C1=O. The summed E-state index contributed by atoms with van der Waals surface area (Å²) in [5.74, 6) is -1.29. The Morgan fingerprint density at radius 1 is 1.14 bits per heavy atom. The molecule has 0 saturated carbocycles. The second-order valence-electron chi connectivity index (χ2n) is 2.99. The summed E-state index contributed by atoms with van der Waals surface area (Å²) in [6.07, 6.45) is 1.67. The summed E-state index contributed by atoms with van der Waals surface area (Å²) >= 11 is 0. The average molecular weight is 188 g/mol. The van der Waals surface area contributed by atoms with Crippen LogP contribution in [0.15, 0.2) is 35.9 Å². The van der Waals surface area contributed by atoms with Crippen molar-refractivity contribution in [3.8, 4) is 0 Å². The summed E-state index contributed by atoms with van der Waals surface area (Å²) in [6, 6.07) is 9.36. The molecule has 1 aromatic carbocycles. The van der Waals surface area contributed by atoms with Gasteiger partial charge in [0.25, 0.3) is 5.78 Å². The summed E-state index contributed by atoms with van der Waals surface area (Å²) in [5.41, 5.74) is 1.32. The van der Waals surface area contributed by atoms with E-state index in [2.05, 4.69) is 4.74 Å². The topological polar surface area (TPSA) is 43.4 Å². The van der Waals surface area contributed by atoms with Crippen molar-refractivity contribution in [2.45, 2.75) is 0 Å². The monoisotopic (exact) mass is 188 g/mol. The van der Waals surface area contributed by atoms with Gasteiger partial charge in [0.2, 0.25) is 0 Å². The van der Waals surface area contributed by atoms with Gasteiger partial charge in [-0.25, -0.2) is 4.79 Å². The fraction of sp³-hybridized carbons (Fsp3) is 0.0909. The van der Waals surface area contributed by atoms with E-state index in [0.717, 1.165) is 5.56 Å². The minimum atomic E-state index is -0.757. The number of hydrogen-bond acceptors (Lipinski definition) is 3. The summed E-state index contributed by atoms with van der Waals surface area (Å²) < 4.78 is 4.59. The smallest absolute Gasteiger partial charge is 0.379 e. The van der Waals surface area contributed by atoms with Gasteiger partial charge in [0.1, 0.15) is 6.61 Å². The molecule has 0 bridgehead atoms. The normalized spacial score (nSPS) is 18.7. The van der Waals surface area contributed by atoms with Crippen LogP contribution in [0.3, 0.4) is 0 Å². The van der Waals surface area contributed by atoms with E-state index in [9.17, 15) is 9.59 Å². The molecule has 0 unspecified atom stereocenters. The molecule has 1 aromatic rings. The third-order valence-electron chi connectivity index (χ3n) is 1.98. The Labute approximate surface area is 81.0 Å². The first-order valence-electron chi connectivity index (χ1n) is 4.24. The van der Waals surface area contributed by atoms with Crippen LogP contribution in [-0.2, 0) is 14.3 Å². The van der Waals surface area contributed by atoms with Crippen molar-refractivity contribution in [1.29, 1.82) is 0 Å². The molecule has 0 aliphatic carbocycles. The van der Waals surface area contributed by atoms with Gasteiger partial charge in [-0.05, 0) is 11.6 Å². The lowest BCUT2D eigenvalue weighted by Gasteiger charge is -1.92. The van der Waals surface area contributed by atoms with Crippen LogP contribution in [0.5, 0.6) is 0 Å². The summed E-state index contributed by atoms with van der Waals surface area (Å²) in [5, 5.41) is 0. The van der Waals surface area contributed by atoms with Crippen molar-refractivity contribution in [2.24, 2.45) is 0 Å². The lowest BCUT2D eigenvalue weighted by Crippen LogP contribution is -2.05. The van der Waals surface area contributed by atoms with Gasteiger partial charge in [-0.2, -0.15) is 0 Å². The van der Waals surface area contributed by atoms with Crippen molar-refractivity contribution in [1.82, 2.24) is 0 Å². The van der Waals surface area contributed by atoms with Crippen molar-refractivity contribution < 1.29 is 14.3 Å². The number of benzene rings is 1. The maximum Gasteiger partial charge on any atom is 0.379 e. The fourth-order valence-electron chi connectivity index (χ4n) is 1.26. The molecule has 1 aliphatic heterocycles. The first kappa shape index (κ1) is 8.69. The summed E-state index contributed by atoms with van der Waals surface area (Å²) in [4.78, 5) is 21.9. The highest BCUT2D eigenvalue weighted by molar-refractivity contribution is 6.43. The van der Waals surface area contributed by atoms with E-state index in [1.54, 1.807) is 6.08 Å². The molecule has 0 amide bonds. The molecular weight excluding hydrogens is 180 g/mol. The lowest BCUT2D eigenvalue weighted by molar-refractivity contribution is -0.146. The van der Waals surface area contributed by atoms with Gasteiger partial charge in [0.15, 0.2) is 0 Å². The second kappa shape index (κ2) is 3.46. The number of hydrogen-bond donors (Lipinski definition) is 0. The number of ketones is 1. The Hall–Kier alpha value is -1.90. The van der Waals surface area contributed by atoms with E-state index in [-0.39, 0.29) is 6.61 Å². The number of ether oxygens (including phenoxy) is 1. The van der Waals surface area contributed by atoms with Crippen LogP contribution < -0.4 is 0 Å². The molecule has 70 valence electrons. The van der Waals surface area contributed by atoms with Crippen LogP contribution in [-0.4, -0.2) is 18.4 Å². The molecule has 3 heteroatoms. The molecule has 1 aliphatic rings. The molecule has 14 heavy (non-hydrogen) atoms. The standard InChI is InChI=1S/C11H8O3/c12-10-9(7-14-11(10)13)6-8-4-2-1-3-5-8/h1-6H,7H2. The van der Waals surface area contributed by atoms with Crippen molar-refractivity contribution in [3.05, 3.63) is 41.5 Å². The number of carbonyl (C=O) groups excluding carboxylic acids is 2. The van der Waals surface area contributed by atoms with Gasteiger partial charge in [-0.1, -0.05) is 30.3 Å². The van der Waals surface area contributed by atoms with Gasteiger partial charge in [0.05, 0.1) is 0 Å². The Bertz CT molecular complexity index is 404. The quantitative estimate of drug-likeness (QED) is 0.378. The van der Waals surface area contributed by atoms with Gasteiger partial charge in [-0.3, -0.25) is 4.79 Å². The van der Waals surface area contributed by atoms with Crippen LogP contribution in [0.1, 0.15) is 5.56 Å². The minimum absolute atomic E-state index is 0.0898. The van der Waals surface area contributed by atoms with E-state index < -0.39 is 11.8 Å². The largest absolute Gasteiger partial charge is 0.455 e. The van der Waals surface area contributed by atoms with E-state index in [1.807, 2.05) is 30.3 Å². The van der Waals surface area contributed by atoms with Gasteiger partial charge < -0.3 is 4.74 Å². The zero-order chi connectivity index (χ0) is 9.97. The summed E-state index contributed by atoms with van der Waals surface area (Å²) in [6.45, 7) is 0.0898. The zero-order valence-electron chi connectivity index (χ0n) is 7.40. The maximum atomic E-state index is 11.2. The van der Waals surface area contributed by atoms with E-state index in [1.165, 1.54) is 0 Å². The molecule has 2 rings (SSSR count). The Morgan fingerprint density at radius 2 is 1.86 bits per heavy atom. The third-order valence-corrected chi connectivity index (χ3v) is 1.98. The van der Waals surface area contributed by atoms with Gasteiger partial charge in [0, 0.05) is 5.57 Å². The Balaban J connectivity index is 2.28. The maximum absolute atomic E-state index is 11.2. The highest BCUT2D eigenvalue weighted by Gasteiger charge is 2.28. The predicted octanol–water partition coefficient (Wildman–Crippen LogP) is 1.20. The number of Topliss-reactive ketones (excluding diaryl/α,β-unsaturated/α-hetero) is 1. The summed E-state index contributed by atoms with van der Waals surface area (Å²) in [7, 11) is 0. The lowest BCUT2D eigenvalue weighted by atomic mass is 10.1. The molecule has 1 saturated heterocycles. The molecule has 0 atom stereocenters. The van der Waals surface area contributed by atoms with E-state index in [0.29, 0.717) is 5.57 Å². The number of carbonyl (C=O) groups is 2. The first-order valence-corrected chi connectivity index (χ1v) is 4.24. The molecule has 0 spiro atoms. The second-order valence-corrected chi connectivity index (χ2v) is 2.99. The van der Waals surface area contributed by atoms with Crippen LogP contribution in [0.25, 0.3) is 6.08 Å². The van der Waals surface area contributed by atoms with E-state index in [4.69, 9.17) is 0 Å². The Kier molecular flexibility index (Phi) is 2.14. The van der Waals surface area contributed by atoms with Crippen molar-refractivity contribution in [3.63, 3.8) is 0 Å². The molecule has 1 heterocycles. The molecule has 0 radical (unpaired) electrons. The molecule has 0 N–H and O–H groups in total. The average Bonchev–Trinajstić information content (AvgIpc) is 2.52. The minimum Gasteiger partial charge on any atom is -0.455 e. The molecule has 3 nitrogen and oxygen atoms in total. The number of rotatable bonds is 1. The van der Waals surface area contributed by atoms with Crippen molar-refractivity contribution in [2.75, 3.05) is 6.61 Å². The highest BCUT2D eigenvalue weighted by atomic mass is 16.5. The fourth-order valence-corrected chi connectivity index (χ4v) is 1.26. The molecular formula is C11H8O3. The third kappa shape index (κ3) is 1.57. The highest BCUT2D eigenvalue weighted by Crippen LogP contribution is 2.13. The number of cyclic esters (lactones) is 1. The van der Waals surface area contributed by atoms with Gasteiger partial charge >= 0.3 is 5.97 Å². The Morgan fingerprint density at radius 3 is 2.43 bits per heavy atom. The van der Waals surface area contributed by atoms with Crippen LogP contribution >= 0.6 is 0 Å². The van der Waals surface area contributed by atoms with Crippen molar-refractivity contribution >= 4 is 17.8 Å². The van der Waals surface area contributed by atoms with Crippen LogP contribution in [0.2, 0.25) is 0 Å². The number of esters is 1. The first-order chi connectivity index (χ1) is 6.77. The van der Waals surface area contributed by atoms with Crippen LogP contribution in [0, 0.1) is 0 Å². The zero-order valence-corrected chi connectivity index (χ0v) is 7.40.